The van der Waals surface area contributed by atoms with Gasteiger partial charge in [0.25, 0.3) is 0 Å². The molecule has 0 radical (unpaired) electrons. The number of carbonyl (C=O) groups excluding carboxylic acids is 2. The van der Waals surface area contributed by atoms with E-state index in [1.54, 1.807) is 0 Å². The molecule has 0 atom stereocenters. The van der Waals surface area contributed by atoms with Gasteiger partial charge in [-0.3, -0.25) is 9.59 Å². The van der Waals surface area contributed by atoms with E-state index in [1.165, 1.54) is 26.2 Å². The molecule has 4 N–H and O–H groups in total. The van der Waals surface area contributed by atoms with E-state index in [1.807, 2.05) is 0 Å². The molecule has 2 amide bonds. The predicted molar refractivity (Wildman–Crippen MR) is 82.7 cm³/mol. The van der Waals surface area contributed by atoms with E-state index in [0.29, 0.717) is 26.1 Å². The highest BCUT2D eigenvalue weighted by Crippen LogP contribution is 2.38. The van der Waals surface area contributed by atoms with Gasteiger partial charge in [-0.05, 0) is 31.2 Å². The summed E-state index contributed by atoms with van der Waals surface area (Å²) in [5.74, 6) is 0.0609. The minimum atomic E-state index is -0.0318. The second-order valence-corrected chi connectivity index (χ2v) is 5.63. The van der Waals surface area contributed by atoms with Gasteiger partial charge in [0.1, 0.15) is 0 Å². The summed E-state index contributed by atoms with van der Waals surface area (Å²) in [6.45, 7) is 3.32. The fraction of sp³-hybridized carbons (Fsp3) is 0.857. The SMILES string of the molecule is CC(=O)NCCCNC(=O)CC1(CN)CCCCC1.Cl. The Balaban J connectivity index is 0.00000361. The van der Waals surface area contributed by atoms with Crippen LogP contribution in [0.2, 0.25) is 0 Å². The van der Waals surface area contributed by atoms with Crippen molar-refractivity contribution in [2.45, 2.75) is 51.9 Å². The lowest BCUT2D eigenvalue weighted by Gasteiger charge is -2.35. The van der Waals surface area contributed by atoms with Gasteiger partial charge in [0.05, 0.1) is 0 Å². The number of hydrogen-bond acceptors (Lipinski definition) is 3. The molecule has 0 aliphatic heterocycles. The molecule has 1 saturated carbocycles. The summed E-state index contributed by atoms with van der Waals surface area (Å²) in [6, 6.07) is 0. The highest BCUT2D eigenvalue weighted by molar-refractivity contribution is 5.85. The molecule has 0 aromatic carbocycles. The van der Waals surface area contributed by atoms with Crippen molar-refractivity contribution in [2.75, 3.05) is 19.6 Å². The Morgan fingerprint density at radius 1 is 1.10 bits per heavy atom. The Bertz CT molecular complexity index is 305. The van der Waals surface area contributed by atoms with Crippen LogP contribution in [0, 0.1) is 5.41 Å². The monoisotopic (exact) mass is 305 g/mol. The normalized spacial score (nSPS) is 16.9. The number of nitrogens with two attached hydrogens (primary N) is 1. The van der Waals surface area contributed by atoms with Crippen LogP contribution in [-0.4, -0.2) is 31.4 Å². The van der Waals surface area contributed by atoms with Crippen LogP contribution in [0.25, 0.3) is 0 Å². The van der Waals surface area contributed by atoms with Gasteiger partial charge in [-0.15, -0.1) is 12.4 Å². The molecule has 0 heterocycles. The molecule has 0 saturated heterocycles. The first-order valence-corrected chi connectivity index (χ1v) is 7.29. The predicted octanol–water partition coefficient (Wildman–Crippen LogP) is 1.35. The zero-order valence-corrected chi connectivity index (χ0v) is 13.2. The molecule has 5 nitrogen and oxygen atoms in total. The summed E-state index contributed by atoms with van der Waals surface area (Å²) in [5, 5.41) is 5.63. The quantitative estimate of drug-likeness (QED) is 0.621. The average Bonchev–Trinajstić information content (AvgIpc) is 2.39. The van der Waals surface area contributed by atoms with Gasteiger partial charge in [-0.25, -0.2) is 0 Å². The number of halogens is 1. The summed E-state index contributed by atoms with van der Waals surface area (Å²) >= 11 is 0. The van der Waals surface area contributed by atoms with Gasteiger partial charge in [0, 0.05) is 26.4 Å². The Hall–Kier alpha value is -0.810. The average molecular weight is 306 g/mol. The lowest BCUT2D eigenvalue weighted by atomic mass is 9.71. The van der Waals surface area contributed by atoms with Crippen LogP contribution in [0.5, 0.6) is 0 Å². The largest absolute Gasteiger partial charge is 0.356 e. The molecule has 0 bridgehead atoms. The number of hydrogen-bond donors (Lipinski definition) is 3. The van der Waals surface area contributed by atoms with E-state index in [9.17, 15) is 9.59 Å². The van der Waals surface area contributed by atoms with E-state index in [0.717, 1.165) is 19.3 Å². The first kappa shape index (κ1) is 19.2. The molecule has 1 fully saturated rings. The fourth-order valence-corrected chi connectivity index (χ4v) is 2.74. The van der Waals surface area contributed by atoms with Crippen molar-refractivity contribution in [3.05, 3.63) is 0 Å². The van der Waals surface area contributed by atoms with Gasteiger partial charge >= 0.3 is 0 Å². The zero-order valence-electron chi connectivity index (χ0n) is 12.4. The van der Waals surface area contributed by atoms with E-state index in [2.05, 4.69) is 10.6 Å². The van der Waals surface area contributed by atoms with E-state index in [-0.39, 0.29) is 29.6 Å². The first-order valence-electron chi connectivity index (χ1n) is 7.29. The number of amides is 2. The molecule has 1 aliphatic rings. The highest BCUT2D eigenvalue weighted by Gasteiger charge is 2.32. The van der Waals surface area contributed by atoms with Crippen LogP contribution in [0.3, 0.4) is 0 Å². The van der Waals surface area contributed by atoms with Crippen molar-refractivity contribution in [3.8, 4) is 0 Å². The van der Waals surface area contributed by atoms with Crippen LogP contribution in [-0.2, 0) is 9.59 Å². The van der Waals surface area contributed by atoms with Crippen molar-refractivity contribution in [3.63, 3.8) is 0 Å². The maximum absolute atomic E-state index is 11.9. The topological polar surface area (TPSA) is 84.2 Å². The van der Waals surface area contributed by atoms with Crippen molar-refractivity contribution in [1.29, 1.82) is 0 Å². The zero-order chi connectivity index (χ0) is 14.1. The Morgan fingerprint density at radius 2 is 1.70 bits per heavy atom. The second kappa shape index (κ2) is 10.00. The molecule has 118 valence electrons. The van der Waals surface area contributed by atoms with Gasteiger partial charge < -0.3 is 16.4 Å². The summed E-state index contributed by atoms with van der Waals surface area (Å²) in [7, 11) is 0. The lowest BCUT2D eigenvalue weighted by Crippen LogP contribution is -2.39. The Labute approximate surface area is 127 Å². The third kappa shape index (κ3) is 7.10. The maximum atomic E-state index is 11.9. The maximum Gasteiger partial charge on any atom is 0.220 e. The number of nitrogens with one attached hydrogen (secondary N) is 2. The Morgan fingerprint density at radius 3 is 2.25 bits per heavy atom. The van der Waals surface area contributed by atoms with Crippen molar-refractivity contribution >= 4 is 24.2 Å². The molecule has 6 heteroatoms. The summed E-state index contributed by atoms with van der Waals surface area (Å²) in [4.78, 5) is 22.6. The van der Waals surface area contributed by atoms with E-state index < -0.39 is 0 Å². The third-order valence-electron chi connectivity index (χ3n) is 3.93. The van der Waals surface area contributed by atoms with Crippen LogP contribution in [0.15, 0.2) is 0 Å². The van der Waals surface area contributed by atoms with Crippen LogP contribution >= 0.6 is 12.4 Å². The summed E-state index contributed by atoms with van der Waals surface area (Å²) in [6.07, 6.45) is 7.09. The summed E-state index contributed by atoms with van der Waals surface area (Å²) < 4.78 is 0. The molecule has 0 unspecified atom stereocenters. The molecular formula is C14H28ClN3O2. The van der Waals surface area contributed by atoms with Crippen LogP contribution in [0.1, 0.15) is 51.9 Å². The standard InChI is InChI=1S/C14H27N3O2.ClH/c1-12(18)16-8-5-9-17-13(19)10-14(11-15)6-3-2-4-7-14;/h2-11,15H2,1H3,(H,16,18)(H,17,19);1H. The van der Waals surface area contributed by atoms with Crippen molar-refractivity contribution in [1.82, 2.24) is 10.6 Å². The number of carbonyl (C=O) groups is 2. The molecule has 1 aliphatic carbocycles. The smallest absolute Gasteiger partial charge is 0.220 e. The van der Waals surface area contributed by atoms with Gasteiger partial charge in [0.15, 0.2) is 0 Å². The van der Waals surface area contributed by atoms with Gasteiger partial charge in [-0.2, -0.15) is 0 Å². The van der Waals surface area contributed by atoms with Crippen LogP contribution < -0.4 is 16.4 Å². The molecule has 0 spiro atoms. The van der Waals surface area contributed by atoms with E-state index >= 15 is 0 Å². The first-order chi connectivity index (χ1) is 9.08. The van der Waals surface area contributed by atoms with Crippen molar-refractivity contribution < 1.29 is 9.59 Å². The molecular weight excluding hydrogens is 278 g/mol. The van der Waals surface area contributed by atoms with Gasteiger partial charge in [-0.1, -0.05) is 19.3 Å². The Kier molecular flexibility index (Phi) is 9.59. The van der Waals surface area contributed by atoms with Crippen LogP contribution in [0.4, 0.5) is 0 Å². The van der Waals surface area contributed by atoms with Crippen molar-refractivity contribution in [2.24, 2.45) is 11.1 Å². The highest BCUT2D eigenvalue weighted by atomic mass is 35.5. The third-order valence-corrected chi connectivity index (χ3v) is 3.93. The molecule has 20 heavy (non-hydrogen) atoms. The van der Waals surface area contributed by atoms with Gasteiger partial charge in [0.2, 0.25) is 11.8 Å². The minimum Gasteiger partial charge on any atom is -0.356 e. The molecule has 0 aromatic rings. The molecule has 1 rings (SSSR count). The fourth-order valence-electron chi connectivity index (χ4n) is 2.74. The number of rotatable bonds is 7. The second-order valence-electron chi connectivity index (χ2n) is 5.63. The lowest BCUT2D eigenvalue weighted by molar-refractivity contribution is -0.123. The van der Waals surface area contributed by atoms with E-state index in [4.69, 9.17) is 5.73 Å². The minimum absolute atomic E-state index is 0. The molecule has 0 aromatic heterocycles. The summed E-state index contributed by atoms with van der Waals surface area (Å²) in [5.41, 5.74) is 5.90.